The number of hydrogen-bond donors (Lipinski definition) is 1. The van der Waals surface area contributed by atoms with Crippen molar-refractivity contribution >= 4 is 22.1 Å². The smallest absolute Gasteiger partial charge is 0.437 e. The summed E-state index contributed by atoms with van der Waals surface area (Å²) in [6.45, 7) is 0. The Morgan fingerprint density at radius 2 is 1.85 bits per heavy atom. The molecule has 2 rings (SSSR count). The lowest BCUT2D eigenvalue weighted by molar-refractivity contribution is 0.0981. The molecule has 10 heteroatoms. The number of ether oxygens (including phenoxy) is 2. The summed E-state index contributed by atoms with van der Waals surface area (Å²) >= 11 is 0. The molecule has 0 radical (unpaired) electrons. The van der Waals surface area contributed by atoms with Crippen LogP contribution in [-0.4, -0.2) is 38.3 Å². The lowest BCUT2D eigenvalue weighted by atomic mass is 10.2. The topological polar surface area (TPSA) is 112 Å². The van der Waals surface area contributed by atoms with Crippen molar-refractivity contribution in [2.24, 2.45) is 0 Å². The van der Waals surface area contributed by atoms with Gasteiger partial charge in [-0.25, -0.2) is 27.3 Å². The SMILES string of the molecule is COC(=O)Oc1ccc(C(=O)NS(=O)(=O)CCc2ccc(F)cc2)cn1. The molecule has 0 aliphatic rings. The molecule has 0 atom stereocenters. The average molecular weight is 382 g/mol. The molecule has 0 saturated heterocycles. The number of nitrogens with zero attached hydrogens (tertiary/aromatic N) is 1. The van der Waals surface area contributed by atoms with Crippen LogP contribution < -0.4 is 9.46 Å². The second-order valence-corrected chi connectivity index (χ2v) is 6.91. The maximum Gasteiger partial charge on any atom is 0.514 e. The Balaban J connectivity index is 1.94. The largest absolute Gasteiger partial charge is 0.514 e. The van der Waals surface area contributed by atoms with Crippen molar-refractivity contribution in [1.82, 2.24) is 9.71 Å². The molecule has 1 N–H and O–H groups in total. The minimum Gasteiger partial charge on any atom is -0.437 e. The highest BCUT2D eigenvalue weighted by molar-refractivity contribution is 7.90. The fourth-order valence-electron chi connectivity index (χ4n) is 1.86. The first kappa shape index (κ1) is 19.3. The van der Waals surface area contributed by atoms with E-state index in [1.54, 1.807) is 0 Å². The van der Waals surface area contributed by atoms with E-state index in [0.717, 1.165) is 13.3 Å². The molecule has 8 nitrogen and oxygen atoms in total. The molecule has 0 aliphatic heterocycles. The van der Waals surface area contributed by atoms with Gasteiger partial charge in [-0.3, -0.25) is 4.79 Å². The van der Waals surface area contributed by atoms with E-state index in [2.05, 4.69) is 14.5 Å². The predicted molar refractivity (Wildman–Crippen MR) is 88.6 cm³/mol. The van der Waals surface area contributed by atoms with Gasteiger partial charge < -0.3 is 9.47 Å². The minimum atomic E-state index is -3.90. The van der Waals surface area contributed by atoms with Gasteiger partial charge in [0.15, 0.2) is 0 Å². The Labute approximate surface area is 149 Å². The Morgan fingerprint density at radius 1 is 1.15 bits per heavy atom. The summed E-state index contributed by atoms with van der Waals surface area (Å²) in [5, 5.41) is 0. The molecule has 1 amide bonds. The number of aromatic nitrogens is 1. The summed E-state index contributed by atoms with van der Waals surface area (Å²) in [5.41, 5.74) is 0.586. The zero-order valence-electron chi connectivity index (χ0n) is 13.6. The lowest BCUT2D eigenvalue weighted by Gasteiger charge is -2.07. The first-order valence-corrected chi connectivity index (χ1v) is 8.95. The van der Waals surface area contributed by atoms with Crippen molar-refractivity contribution in [3.8, 4) is 5.88 Å². The number of hydrogen-bond acceptors (Lipinski definition) is 7. The van der Waals surface area contributed by atoms with Crippen LogP contribution in [0.2, 0.25) is 0 Å². The van der Waals surface area contributed by atoms with Crippen LogP contribution in [-0.2, 0) is 21.2 Å². The zero-order chi connectivity index (χ0) is 19.2. The third kappa shape index (κ3) is 5.81. The molecule has 2 aromatic rings. The fourth-order valence-corrected chi connectivity index (χ4v) is 2.86. The number of sulfonamides is 1. The first-order chi connectivity index (χ1) is 12.3. The van der Waals surface area contributed by atoms with Gasteiger partial charge in [-0.1, -0.05) is 12.1 Å². The molecule has 0 aliphatic carbocycles. The van der Waals surface area contributed by atoms with Crippen LogP contribution in [0.5, 0.6) is 5.88 Å². The maximum absolute atomic E-state index is 12.8. The number of rotatable bonds is 6. The van der Waals surface area contributed by atoms with Gasteiger partial charge in [0.25, 0.3) is 5.91 Å². The number of nitrogens with one attached hydrogen (secondary N) is 1. The highest BCUT2D eigenvalue weighted by Crippen LogP contribution is 2.09. The molecule has 26 heavy (non-hydrogen) atoms. The van der Waals surface area contributed by atoms with Crippen LogP contribution >= 0.6 is 0 Å². The summed E-state index contributed by atoms with van der Waals surface area (Å²) in [4.78, 5) is 26.6. The molecule has 0 bridgehead atoms. The molecule has 138 valence electrons. The molecule has 0 unspecified atom stereocenters. The van der Waals surface area contributed by atoms with Crippen molar-refractivity contribution in [2.75, 3.05) is 12.9 Å². The van der Waals surface area contributed by atoms with Gasteiger partial charge in [0, 0.05) is 12.3 Å². The van der Waals surface area contributed by atoms with Crippen LogP contribution in [0, 0.1) is 5.82 Å². The van der Waals surface area contributed by atoms with Crippen molar-refractivity contribution < 1.29 is 31.9 Å². The first-order valence-electron chi connectivity index (χ1n) is 7.30. The number of aryl methyl sites for hydroxylation is 1. The monoisotopic (exact) mass is 382 g/mol. The van der Waals surface area contributed by atoms with Gasteiger partial charge in [-0.2, -0.15) is 0 Å². The third-order valence-electron chi connectivity index (χ3n) is 3.17. The Hall–Kier alpha value is -3.01. The van der Waals surface area contributed by atoms with Crippen molar-refractivity contribution in [3.05, 3.63) is 59.5 Å². The number of benzene rings is 1. The standard InChI is InChI=1S/C16H15FN2O6S/c1-24-16(21)25-14-7-4-12(10-18-14)15(20)19-26(22,23)9-8-11-2-5-13(17)6-3-11/h2-7,10H,8-9H2,1H3,(H,19,20). The van der Waals surface area contributed by atoms with Crippen LogP contribution in [0.15, 0.2) is 42.6 Å². The number of carbonyl (C=O) groups excluding carboxylic acids is 2. The highest BCUT2D eigenvalue weighted by atomic mass is 32.2. The number of amides is 1. The van der Waals surface area contributed by atoms with E-state index >= 15 is 0 Å². The summed E-state index contributed by atoms with van der Waals surface area (Å²) in [5.74, 6) is -1.74. The van der Waals surface area contributed by atoms with E-state index in [0.29, 0.717) is 5.56 Å². The quantitative estimate of drug-likeness (QED) is 0.756. The van der Waals surface area contributed by atoms with E-state index in [-0.39, 0.29) is 23.6 Å². The predicted octanol–water partition coefficient (Wildman–Crippen LogP) is 1.67. The molecule has 1 heterocycles. The molecule has 0 saturated carbocycles. The van der Waals surface area contributed by atoms with Crippen molar-refractivity contribution in [2.45, 2.75) is 6.42 Å². The number of carbonyl (C=O) groups is 2. The summed E-state index contributed by atoms with van der Waals surface area (Å²) in [6.07, 6.45) is 0.203. The lowest BCUT2D eigenvalue weighted by Crippen LogP contribution is -2.33. The van der Waals surface area contributed by atoms with Crippen molar-refractivity contribution in [1.29, 1.82) is 0 Å². The van der Waals surface area contributed by atoms with Crippen LogP contribution in [0.1, 0.15) is 15.9 Å². The molecular formula is C16H15FN2O6S. The van der Waals surface area contributed by atoms with Crippen LogP contribution in [0.4, 0.5) is 9.18 Å². The van der Waals surface area contributed by atoms with Gasteiger partial charge in [-0.05, 0) is 30.2 Å². The van der Waals surface area contributed by atoms with Crippen LogP contribution in [0.25, 0.3) is 0 Å². The summed E-state index contributed by atoms with van der Waals surface area (Å²) in [7, 11) is -2.77. The van der Waals surface area contributed by atoms with Gasteiger partial charge in [0.1, 0.15) is 5.82 Å². The minimum absolute atomic E-state index is 0.0347. The van der Waals surface area contributed by atoms with Gasteiger partial charge in [0.2, 0.25) is 15.9 Å². The van der Waals surface area contributed by atoms with Gasteiger partial charge >= 0.3 is 6.16 Å². The molecule has 1 aromatic carbocycles. The highest BCUT2D eigenvalue weighted by Gasteiger charge is 2.17. The average Bonchev–Trinajstić information content (AvgIpc) is 2.61. The van der Waals surface area contributed by atoms with E-state index in [1.807, 2.05) is 4.72 Å². The number of pyridine rings is 1. The number of halogens is 1. The molecular weight excluding hydrogens is 367 g/mol. The van der Waals surface area contributed by atoms with Crippen LogP contribution in [0.3, 0.4) is 0 Å². The second-order valence-electron chi connectivity index (χ2n) is 5.07. The molecule has 0 spiro atoms. The summed E-state index contributed by atoms with van der Waals surface area (Å²) in [6, 6.07) is 7.86. The second kappa shape index (κ2) is 8.39. The van der Waals surface area contributed by atoms with E-state index in [9.17, 15) is 22.4 Å². The van der Waals surface area contributed by atoms with Crippen molar-refractivity contribution in [3.63, 3.8) is 0 Å². The van der Waals surface area contributed by atoms with E-state index in [1.165, 1.54) is 36.4 Å². The van der Waals surface area contributed by atoms with Gasteiger partial charge in [-0.15, -0.1) is 0 Å². The Morgan fingerprint density at radius 3 is 2.42 bits per heavy atom. The molecule has 1 aromatic heterocycles. The molecule has 0 fully saturated rings. The third-order valence-corrected chi connectivity index (χ3v) is 4.41. The van der Waals surface area contributed by atoms with E-state index in [4.69, 9.17) is 0 Å². The summed E-state index contributed by atoms with van der Waals surface area (Å²) < 4.78 is 47.7. The Bertz CT molecular complexity index is 882. The zero-order valence-corrected chi connectivity index (χ0v) is 14.5. The van der Waals surface area contributed by atoms with E-state index < -0.39 is 27.9 Å². The van der Waals surface area contributed by atoms with Gasteiger partial charge in [0.05, 0.1) is 18.4 Å². The normalized spacial score (nSPS) is 10.8. The number of methoxy groups -OCH3 is 1. The Kier molecular flexibility index (Phi) is 6.23. The maximum atomic E-state index is 12.8. The fraction of sp³-hybridized carbons (Fsp3) is 0.188.